The van der Waals surface area contributed by atoms with E-state index in [9.17, 15) is 0 Å². The first-order valence-corrected chi connectivity index (χ1v) is 4.42. The number of nitrogen functional groups attached to an aromatic ring is 1. The van der Waals surface area contributed by atoms with Gasteiger partial charge in [-0.1, -0.05) is 12.1 Å². The Morgan fingerprint density at radius 3 is 2.92 bits per heavy atom. The van der Waals surface area contributed by atoms with E-state index in [-0.39, 0.29) is 6.04 Å². The van der Waals surface area contributed by atoms with Gasteiger partial charge in [-0.3, -0.25) is 0 Å². The van der Waals surface area contributed by atoms with E-state index in [0.29, 0.717) is 0 Å². The molecule has 2 nitrogen and oxygen atoms in total. The first-order chi connectivity index (χ1) is 5.79. The number of fused-ring (bicyclic) bond motifs is 1. The van der Waals surface area contributed by atoms with Gasteiger partial charge in [0.25, 0.3) is 0 Å². The van der Waals surface area contributed by atoms with Crippen LogP contribution in [0.3, 0.4) is 0 Å². The highest BCUT2D eigenvalue weighted by Gasteiger charge is 2.17. The highest BCUT2D eigenvalue weighted by molar-refractivity contribution is 5.52. The molecule has 0 fully saturated rings. The van der Waals surface area contributed by atoms with Crippen LogP contribution in [0.2, 0.25) is 0 Å². The second-order valence-electron chi connectivity index (χ2n) is 3.41. The zero-order valence-electron chi connectivity index (χ0n) is 7.09. The van der Waals surface area contributed by atoms with Crippen LogP contribution >= 0.6 is 0 Å². The molecule has 0 heterocycles. The summed E-state index contributed by atoms with van der Waals surface area (Å²) in [7, 11) is 0. The third-order valence-corrected chi connectivity index (χ3v) is 2.59. The molecule has 4 N–H and O–H groups in total. The summed E-state index contributed by atoms with van der Waals surface area (Å²) in [6, 6.07) is 6.24. The summed E-state index contributed by atoms with van der Waals surface area (Å²) in [6.45, 7) is 0. The van der Waals surface area contributed by atoms with Crippen molar-refractivity contribution in [1.29, 1.82) is 0 Å². The largest absolute Gasteiger partial charge is 0.398 e. The molecule has 1 aliphatic carbocycles. The number of hydrogen-bond donors (Lipinski definition) is 2. The van der Waals surface area contributed by atoms with Crippen LogP contribution < -0.4 is 11.5 Å². The number of rotatable bonds is 0. The minimum absolute atomic E-state index is 0.206. The van der Waals surface area contributed by atoms with Crippen LogP contribution in [0, 0.1) is 0 Å². The zero-order valence-corrected chi connectivity index (χ0v) is 7.09. The smallest absolute Gasteiger partial charge is 0.0349 e. The Labute approximate surface area is 72.6 Å². The fraction of sp³-hybridized carbons (Fsp3) is 0.400. The van der Waals surface area contributed by atoms with Crippen molar-refractivity contribution in [1.82, 2.24) is 0 Å². The molecule has 1 aliphatic rings. The Kier molecular flexibility index (Phi) is 1.77. The van der Waals surface area contributed by atoms with Crippen LogP contribution in [0.4, 0.5) is 5.69 Å². The van der Waals surface area contributed by atoms with Gasteiger partial charge in [0, 0.05) is 11.7 Å². The predicted octanol–water partition coefficient (Wildman–Crippen LogP) is 1.60. The number of anilines is 1. The van der Waals surface area contributed by atoms with Gasteiger partial charge in [-0.2, -0.15) is 0 Å². The third-order valence-electron chi connectivity index (χ3n) is 2.59. The van der Waals surface area contributed by atoms with Crippen molar-refractivity contribution < 1.29 is 0 Å². The summed E-state index contributed by atoms with van der Waals surface area (Å²) in [5.74, 6) is 0. The Morgan fingerprint density at radius 1 is 1.33 bits per heavy atom. The van der Waals surface area contributed by atoms with E-state index < -0.39 is 0 Å². The Hall–Kier alpha value is -1.02. The summed E-state index contributed by atoms with van der Waals surface area (Å²) >= 11 is 0. The maximum Gasteiger partial charge on any atom is 0.0349 e. The van der Waals surface area contributed by atoms with E-state index in [0.717, 1.165) is 18.5 Å². The second-order valence-corrected chi connectivity index (χ2v) is 3.41. The molecule has 2 heteroatoms. The van der Waals surface area contributed by atoms with Gasteiger partial charge in [0.2, 0.25) is 0 Å². The van der Waals surface area contributed by atoms with Crippen molar-refractivity contribution in [2.24, 2.45) is 5.73 Å². The molecule has 0 unspecified atom stereocenters. The molecule has 64 valence electrons. The van der Waals surface area contributed by atoms with E-state index in [2.05, 4.69) is 6.07 Å². The lowest BCUT2D eigenvalue weighted by Crippen LogP contribution is -2.18. The highest BCUT2D eigenvalue weighted by atomic mass is 14.7. The molecule has 1 atom stereocenters. The zero-order chi connectivity index (χ0) is 8.55. The van der Waals surface area contributed by atoms with Crippen LogP contribution in [-0.4, -0.2) is 0 Å². The second kappa shape index (κ2) is 2.79. The van der Waals surface area contributed by atoms with Crippen molar-refractivity contribution in [3.63, 3.8) is 0 Å². The van der Waals surface area contributed by atoms with Crippen molar-refractivity contribution in [3.05, 3.63) is 29.3 Å². The molecule has 0 aromatic heterocycles. The maximum absolute atomic E-state index is 5.96. The summed E-state index contributed by atoms with van der Waals surface area (Å²) < 4.78 is 0. The average molecular weight is 162 g/mol. The van der Waals surface area contributed by atoms with Gasteiger partial charge < -0.3 is 11.5 Å². The van der Waals surface area contributed by atoms with Gasteiger partial charge in [-0.25, -0.2) is 0 Å². The Balaban J connectivity index is 2.52. The number of hydrogen-bond acceptors (Lipinski definition) is 2. The van der Waals surface area contributed by atoms with Gasteiger partial charge in [0.15, 0.2) is 0 Å². The predicted molar refractivity (Wildman–Crippen MR) is 50.7 cm³/mol. The van der Waals surface area contributed by atoms with Gasteiger partial charge in [-0.15, -0.1) is 0 Å². The lowest BCUT2D eigenvalue weighted by atomic mass is 9.87. The average Bonchev–Trinajstić information content (AvgIpc) is 2.07. The topological polar surface area (TPSA) is 52.0 Å². The number of nitrogens with two attached hydrogens (primary N) is 2. The van der Waals surface area contributed by atoms with Crippen LogP contribution in [0.1, 0.15) is 30.0 Å². The van der Waals surface area contributed by atoms with E-state index in [1.807, 2.05) is 12.1 Å². The summed E-state index contributed by atoms with van der Waals surface area (Å²) in [6.07, 6.45) is 3.36. The summed E-state index contributed by atoms with van der Waals surface area (Å²) in [4.78, 5) is 0. The van der Waals surface area contributed by atoms with Crippen LogP contribution in [0.15, 0.2) is 18.2 Å². The van der Waals surface area contributed by atoms with E-state index in [4.69, 9.17) is 11.5 Å². The quantitative estimate of drug-likeness (QED) is 0.569. The molecule has 0 aliphatic heterocycles. The molecular weight excluding hydrogens is 148 g/mol. The van der Waals surface area contributed by atoms with Gasteiger partial charge >= 0.3 is 0 Å². The van der Waals surface area contributed by atoms with Crippen LogP contribution in [0.25, 0.3) is 0 Å². The molecule has 2 rings (SSSR count). The number of benzene rings is 1. The standard InChI is InChI=1S/C10H14N2/c11-9-5-1-3-7-8(9)4-2-6-10(7)12/h1,3,5,10H,2,4,6,11-12H2/t10-/m1/s1. The fourth-order valence-corrected chi connectivity index (χ4v) is 1.91. The van der Waals surface area contributed by atoms with E-state index in [1.165, 1.54) is 17.5 Å². The first-order valence-electron chi connectivity index (χ1n) is 4.42. The molecule has 0 saturated heterocycles. The SMILES string of the molecule is Nc1cccc2c1CCC[C@H]2N. The van der Waals surface area contributed by atoms with Gasteiger partial charge in [-0.05, 0) is 36.5 Å². The first kappa shape index (κ1) is 7.62. The van der Waals surface area contributed by atoms with Crippen LogP contribution in [0.5, 0.6) is 0 Å². The van der Waals surface area contributed by atoms with E-state index >= 15 is 0 Å². The van der Waals surface area contributed by atoms with Gasteiger partial charge in [0.05, 0.1) is 0 Å². The van der Waals surface area contributed by atoms with Crippen LogP contribution in [-0.2, 0) is 6.42 Å². The molecule has 0 saturated carbocycles. The minimum Gasteiger partial charge on any atom is -0.398 e. The Morgan fingerprint density at radius 2 is 2.17 bits per heavy atom. The molecule has 0 spiro atoms. The fourth-order valence-electron chi connectivity index (χ4n) is 1.91. The lowest BCUT2D eigenvalue weighted by molar-refractivity contribution is 0.571. The maximum atomic E-state index is 5.96. The molecule has 0 bridgehead atoms. The lowest BCUT2D eigenvalue weighted by Gasteiger charge is -2.23. The van der Waals surface area contributed by atoms with Gasteiger partial charge in [0.1, 0.15) is 0 Å². The minimum atomic E-state index is 0.206. The van der Waals surface area contributed by atoms with Crippen molar-refractivity contribution in [3.8, 4) is 0 Å². The van der Waals surface area contributed by atoms with Crippen molar-refractivity contribution >= 4 is 5.69 Å². The Bertz CT molecular complexity index is 294. The van der Waals surface area contributed by atoms with Crippen molar-refractivity contribution in [2.45, 2.75) is 25.3 Å². The monoisotopic (exact) mass is 162 g/mol. The van der Waals surface area contributed by atoms with E-state index in [1.54, 1.807) is 0 Å². The molecular formula is C10H14N2. The third kappa shape index (κ3) is 1.08. The normalized spacial score (nSPS) is 21.9. The summed E-state index contributed by atoms with van der Waals surface area (Å²) in [5.41, 5.74) is 15.2. The molecule has 12 heavy (non-hydrogen) atoms. The molecule has 1 aromatic carbocycles. The molecule has 0 radical (unpaired) electrons. The summed E-state index contributed by atoms with van der Waals surface area (Å²) in [5, 5.41) is 0. The molecule has 0 amide bonds. The molecule has 1 aromatic rings. The van der Waals surface area contributed by atoms with Crippen molar-refractivity contribution in [2.75, 3.05) is 5.73 Å². The highest BCUT2D eigenvalue weighted by Crippen LogP contribution is 2.30.